The smallest absolute Gasteiger partial charge is 0.318 e. The first-order chi connectivity index (χ1) is 12.6. The molecule has 0 aromatic carbocycles. The van der Waals surface area contributed by atoms with Crippen LogP contribution in [0.15, 0.2) is 23.8 Å². The van der Waals surface area contributed by atoms with Crippen LogP contribution in [-0.4, -0.2) is 32.0 Å². The van der Waals surface area contributed by atoms with E-state index in [-0.39, 0.29) is 17.8 Å². The largest absolute Gasteiger partial charge is 0.438 e. The third-order valence-corrected chi connectivity index (χ3v) is 3.26. The molecule has 0 aliphatic carbocycles. The molecular formula is C16H25N5O6. The summed E-state index contributed by atoms with van der Waals surface area (Å²) in [6.07, 6.45) is 0.373. The highest BCUT2D eigenvalue weighted by Gasteiger charge is 2.19. The third-order valence-electron chi connectivity index (χ3n) is 3.26. The van der Waals surface area contributed by atoms with Gasteiger partial charge in [0.2, 0.25) is 0 Å². The van der Waals surface area contributed by atoms with E-state index in [1.54, 1.807) is 0 Å². The van der Waals surface area contributed by atoms with E-state index < -0.39 is 11.5 Å². The van der Waals surface area contributed by atoms with E-state index in [1.807, 2.05) is 41.5 Å². The summed E-state index contributed by atoms with van der Waals surface area (Å²) in [4.78, 5) is 40.3. The fraction of sp³-hybridized carbons (Fsp3) is 0.625. The SMILES string of the molecule is CC(C)C1=NOC(=O)C1.CC(C)c1noc(=O)[nH]1.CC(C)c1noc(=O)[nH]1. The Kier molecular flexibility index (Phi) is 8.36. The average Bonchev–Trinajstić information content (AvgIpc) is 3.30. The van der Waals surface area contributed by atoms with E-state index in [0.717, 1.165) is 5.71 Å². The van der Waals surface area contributed by atoms with Crippen LogP contribution in [-0.2, 0) is 9.63 Å². The van der Waals surface area contributed by atoms with Crippen LogP contribution in [0.5, 0.6) is 0 Å². The second kappa shape index (κ2) is 10.2. The normalized spacial score (nSPS) is 13.1. The summed E-state index contributed by atoms with van der Waals surface area (Å²) >= 11 is 0. The standard InChI is InChI=1S/C6H9NO2.2C5H8N2O2/c1-4(2)5-3-6(8)9-7-5;2*1-3(2)4-6-5(8)9-7-4/h4H,3H2,1-2H3;2*3H,1-2H3,(H,6,7,8). The minimum absolute atomic E-state index is 0.219. The molecule has 0 saturated carbocycles. The van der Waals surface area contributed by atoms with Gasteiger partial charge < -0.3 is 4.84 Å². The van der Waals surface area contributed by atoms with Gasteiger partial charge in [0.25, 0.3) is 0 Å². The number of H-pyrrole nitrogens is 2. The van der Waals surface area contributed by atoms with Gasteiger partial charge in [0.15, 0.2) is 11.6 Å². The maximum Gasteiger partial charge on any atom is 0.438 e. The Hall–Kier alpha value is -2.98. The number of nitrogens with zero attached hydrogens (tertiary/aromatic N) is 3. The molecule has 0 unspecified atom stereocenters. The molecular weight excluding hydrogens is 358 g/mol. The van der Waals surface area contributed by atoms with Crippen molar-refractivity contribution in [2.45, 2.75) is 59.8 Å². The van der Waals surface area contributed by atoms with E-state index in [1.165, 1.54) is 0 Å². The van der Waals surface area contributed by atoms with Gasteiger partial charge in [0, 0.05) is 11.8 Å². The predicted molar refractivity (Wildman–Crippen MR) is 95.4 cm³/mol. The molecule has 3 heterocycles. The lowest BCUT2D eigenvalue weighted by Gasteiger charge is -1.96. The molecule has 0 fully saturated rings. The van der Waals surface area contributed by atoms with Crippen LogP contribution in [0.2, 0.25) is 0 Å². The van der Waals surface area contributed by atoms with Crippen LogP contribution in [0.4, 0.5) is 0 Å². The second-order valence-corrected chi connectivity index (χ2v) is 6.65. The van der Waals surface area contributed by atoms with Gasteiger partial charge in [-0.15, -0.1) is 0 Å². The van der Waals surface area contributed by atoms with Crippen molar-refractivity contribution in [3.8, 4) is 0 Å². The minimum atomic E-state index is -0.487. The molecule has 0 spiro atoms. The molecule has 11 nitrogen and oxygen atoms in total. The number of nitrogens with one attached hydrogen (secondary N) is 2. The molecule has 0 amide bonds. The van der Waals surface area contributed by atoms with Crippen molar-refractivity contribution in [2.75, 3.05) is 0 Å². The molecule has 0 saturated heterocycles. The van der Waals surface area contributed by atoms with E-state index in [9.17, 15) is 14.4 Å². The quantitative estimate of drug-likeness (QED) is 0.761. The van der Waals surface area contributed by atoms with Crippen molar-refractivity contribution in [3.05, 3.63) is 32.8 Å². The number of carbonyl (C=O) groups is 1. The molecule has 2 N–H and O–H groups in total. The minimum Gasteiger partial charge on any atom is -0.318 e. The zero-order valence-electron chi connectivity index (χ0n) is 16.2. The molecule has 0 atom stereocenters. The maximum absolute atomic E-state index is 10.4. The van der Waals surface area contributed by atoms with Gasteiger partial charge in [-0.2, -0.15) is 0 Å². The van der Waals surface area contributed by atoms with Crippen LogP contribution in [0.1, 0.15) is 71.4 Å². The molecule has 0 radical (unpaired) electrons. The first kappa shape index (κ1) is 22.1. The lowest BCUT2D eigenvalue weighted by atomic mass is 10.1. The highest BCUT2D eigenvalue weighted by molar-refractivity contribution is 6.02. The monoisotopic (exact) mass is 383 g/mol. The Labute approximate surface area is 155 Å². The molecule has 2 aromatic heterocycles. The van der Waals surface area contributed by atoms with Crippen molar-refractivity contribution in [3.63, 3.8) is 0 Å². The number of rotatable bonds is 3. The summed E-state index contributed by atoms with van der Waals surface area (Å²) in [5.41, 5.74) is 0.847. The molecule has 2 aromatic rings. The molecule has 0 bridgehead atoms. The second-order valence-electron chi connectivity index (χ2n) is 6.65. The maximum atomic E-state index is 10.4. The Morgan fingerprint density at radius 2 is 1.22 bits per heavy atom. The molecule has 1 aliphatic rings. The molecule has 150 valence electrons. The Bertz CT molecular complexity index is 803. The highest BCUT2D eigenvalue weighted by atomic mass is 16.7. The fourth-order valence-corrected chi connectivity index (χ4v) is 1.61. The Morgan fingerprint density at radius 3 is 1.37 bits per heavy atom. The van der Waals surface area contributed by atoms with Crippen LogP contribution in [0.3, 0.4) is 0 Å². The van der Waals surface area contributed by atoms with Crippen LogP contribution in [0, 0.1) is 5.92 Å². The average molecular weight is 383 g/mol. The van der Waals surface area contributed by atoms with E-state index in [0.29, 0.717) is 24.0 Å². The van der Waals surface area contributed by atoms with Gasteiger partial charge >= 0.3 is 17.5 Å². The first-order valence-electron chi connectivity index (χ1n) is 8.48. The summed E-state index contributed by atoms with van der Waals surface area (Å²) < 4.78 is 8.53. The summed E-state index contributed by atoms with van der Waals surface area (Å²) in [6.45, 7) is 11.7. The number of carbonyl (C=O) groups excluding carboxylic acids is 1. The molecule has 1 aliphatic heterocycles. The van der Waals surface area contributed by atoms with Gasteiger partial charge in [-0.1, -0.05) is 57.0 Å². The van der Waals surface area contributed by atoms with Gasteiger partial charge in [0.05, 0.1) is 12.1 Å². The Morgan fingerprint density at radius 1 is 0.778 bits per heavy atom. The van der Waals surface area contributed by atoms with Gasteiger partial charge in [-0.3, -0.25) is 19.0 Å². The van der Waals surface area contributed by atoms with Gasteiger partial charge in [0.1, 0.15) is 0 Å². The zero-order chi connectivity index (χ0) is 20.6. The summed E-state index contributed by atoms with van der Waals surface area (Å²) in [5, 5.41) is 10.5. The summed E-state index contributed by atoms with van der Waals surface area (Å²) in [5.74, 6) is 0.750. The number of aromatic nitrogens is 4. The Balaban J connectivity index is 0.000000202. The number of hydrogen-bond acceptors (Lipinski definition) is 9. The van der Waals surface area contributed by atoms with Crippen molar-refractivity contribution in [1.82, 2.24) is 20.3 Å². The fourth-order valence-electron chi connectivity index (χ4n) is 1.61. The lowest BCUT2D eigenvalue weighted by molar-refractivity contribution is -0.140. The summed E-state index contributed by atoms with van der Waals surface area (Å²) in [6, 6.07) is 0. The number of hydrogen-bond donors (Lipinski definition) is 2. The zero-order valence-corrected chi connectivity index (χ0v) is 16.2. The number of aromatic amines is 2. The van der Waals surface area contributed by atoms with Crippen molar-refractivity contribution >= 4 is 11.7 Å². The predicted octanol–water partition coefficient (Wildman–Crippen LogP) is 1.92. The van der Waals surface area contributed by atoms with Crippen LogP contribution < -0.4 is 11.5 Å². The van der Waals surface area contributed by atoms with E-state index in [4.69, 9.17) is 0 Å². The van der Waals surface area contributed by atoms with E-state index in [2.05, 4.69) is 39.3 Å². The van der Waals surface area contributed by atoms with Gasteiger partial charge in [-0.25, -0.2) is 14.4 Å². The van der Waals surface area contributed by atoms with Crippen LogP contribution in [0.25, 0.3) is 0 Å². The van der Waals surface area contributed by atoms with Crippen molar-refractivity contribution in [1.29, 1.82) is 0 Å². The third kappa shape index (κ3) is 7.84. The van der Waals surface area contributed by atoms with Crippen molar-refractivity contribution in [2.24, 2.45) is 11.1 Å². The molecule has 27 heavy (non-hydrogen) atoms. The lowest BCUT2D eigenvalue weighted by Crippen LogP contribution is -2.05. The van der Waals surface area contributed by atoms with E-state index >= 15 is 0 Å². The summed E-state index contributed by atoms with van der Waals surface area (Å²) in [7, 11) is 0. The molecule has 3 rings (SSSR count). The van der Waals surface area contributed by atoms with Crippen LogP contribution >= 0.6 is 0 Å². The number of oxime groups is 1. The van der Waals surface area contributed by atoms with Crippen molar-refractivity contribution < 1.29 is 18.7 Å². The van der Waals surface area contributed by atoms with Gasteiger partial charge in [-0.05, 0) is 5.92 Å². The topological polar surface area (TPSA) is 156 Å². The first-order valence-corrected chi connectivity index (χ1v) is 8.48. The molecule has 11 heteroatoms. The highest BCUT2D eigenvalue weighted by Crippen LogP contribution is 2.09.